The van der Waals surface area contributed by atoms with E-state index in [1.54, 1.807) is 35.2 Å². The van der Waals surface area contributed by atoms with Gasteiger partial charge in [0.15, 0.2) is 11.5 Å². The SMILES string of the molecule is COc1cccc(NC(=O)N2CC(c3nc(-c4ccc[nH]c4=O)no3)C2)c1OC. The topological polar surface area (TPSA) is 123 Å². The summed E-state index contributed by atoms with van der Waals surface area (Å²) in [4.78, 5) is 32.8. The van der Waals surface area contributed by atoms with Gasteiger partial charge in [-0.25, -0.2) is 4.79 Å². The van der Waals surface area contributed by atoms with Gasteiger partial charge in [0.25, 0.3) is 5.56 Å². The van der Waals surface area contributed by atoms with Crippen molar-refractivity contribution < 1.29 is 18.8 Å². The molecule has 0 aliphatic carbocycles. The largest absolute Gasteiger partial charge is 0.493 e. The van der Waals surface area contributed by atoms with Crippen molar-refractivity contribution in [2.75, 3.05) is 32.6 Å². The van der Waals surface area contributed by atoms with Gasteiger partial charge in [-0.15, -0.1) is 0 Å². The smallest absolute Gasteiger partial charge is 0.321 e. The van der Waals surface area contributed by atoms with Crippen molar-refractivity contribution in [3.05, 3.63) is 52.8 Å². The molecule has 1 saturated heterocycles. The van der Waals surface area contributed by atoms with Crippen LogP contribution in [0.4, 0.5) is 10.5 Å². The number of likely N-dealkylation sites (tertiary alicyclic amines) is 1. The Bertz CT molecular complexity index is 1090. The van der Waals surface area contributed by atoms with E-state index in [1.807, 2.05) is 0 Å². The van der Waals surface area contributed by atoms with Crippen LogP contribution in [0.5, 0.6) is 11.5 Å². The number of aromatic nitrogens is 3. The second kappa shape index (κ2) is 7.66. The fraction of sp³-hybridized carbons (Fsp3) is 0.263. The molecule has 150 valence electrons. The summed E-state index contributed by atoms with van der Waals surface area (Å²) < 4.78 is 15.8. The molecule has 3 heterocycles. The number of hydrogen-bond acceptors (Lipinski definition) is 7. The Morgan fingerprint density at radius 1 is 1.24 bits per heavy atom. The minimum atomic E-state index is -0.290. The van der Waals surface area contributed by atoms with Gasteiger partial charge in [-0.2, -0.15) is 4.98 Å². The number of benzene rings is 1. The number of hydrogen-bond donors (Lipinski definition) is 2. The van der Waals surface area contributed by atoms with Crippen molar-refractivity contribution >= 4 is 11.7 Å². The third-order valence-electron chi connectivity index (χ3n) is 4.66. The highest BCUT2D eigenvalue weighted by molar-refractivity contribution is 5.92. The Labute approximate surface area is 165 Å². The molecule has 1 aliphatic rings. The molecular weight excluding hydrogens is 378 g/mol. The minimum Gasteiger partial charge on any atom is -0.493 e. The van der Waals surface area contributed by atoms with Gasteiger partial charge in [0.2, 0.25) is 11.7 Å². The van der Waals surface area contributed by atoms with E-state index < -0.39 is 0 Å². The highest BCUT2D eigenvalue weighted by Crippen LogP contribution is 2.35. The molecule has 1 aliphatic heterocycles. The number of aromatic amines is 1. The van der Waals surface area contributed by atoms with Crippen LogP contribution in [0.25, 0.3) is 11.4 Å². The summed E-state index contributed by atoms with van der Waals surface area (Å²) in [5.41, 5.74) is 0.562. The minimum absolute atomic E-state index is 0.0861. The molecule has 4 rings (SSSR count). The summed E-state index contributed by atoms with van der Waals surface area (Å²) >= 11 is 0. The lowest BCUT2D eigenvalue weighted by Crippen LogP contribution is -2.50. The molecule has 1 fully saturated rings. The molecule has 0 spiro atoms. The van der Waals surface area contributed by atoms with Gasteiger partial charge < -0.3 is 29.2 Å². The van der Waals surface area contributed by atoms with E-state index in [2.05, 4.69) is 20.4 Å². The Balaban J connectivity index is 1.40. The zero-order chi connectivity index (χ0) is 20.4. The zero-order valence-electron chi connectivity index (χ0n) is 15.8. The number of pyridine rings is 1. The van der Waals surface area contributed by atoms with Crippen molar-refractivity contribution in [2.24, 2.45) is 0 Å². The lowest BCUT2D eigenvalue weighted by molar-refractivity contribution is 0.147. The first-order valence-electron chi connectivity index (χ1n) is 8.89. The number of para-hydroxylation sites is 1. The number of nitrogens with one attached hydrogen (secondary N) is 2. The lowest BCUT2D eigenvalue weighted by atomic mass is 10.0. The van der Waals surface area contributed by atoms with Crippen molar-refractivity contribution in [2.45, 2.75) is 5.92 Å². The van der Waals surface area contributed by atoms with Gasteiger partial charge in [0.1, 0.15) is 0 Å². The van der Waals surface area contributed by atoms with E-state index in [9.17, 15) is 9.59 Å². The van der Waals surface area contributed by atoms with Crippen LogP contribution in [-0.2, 0) is 0 Å². The summed E-state index contributed by atoms with van der Waals surface area (Å²) in [6.45, 7) is 0.843. The maximum absolute atomic E-state index is 12.5. The van der Waals surface area contributed by atoms with Crippen LogP contribution >= 0.6 is 0 Å². The van der Waals surface area contributed by atoms with Gasteiger partial charge in [-0.1, -0.05) is 11.2 Å². The van der Waals surface area contributed by atoms with Gasteiger partial charge in [0, 0.05) is 19.3 Å². The highest BCUT2D eigenvalue weighted by atomic mass is 16.5. The molecule has 2 amide bonds. The van der Waals surface area contributed by atoms with Crippen molar-refractivity contribution in [3.63, 3.8) is 0 Å². The molecule has 0 bridgehead atoms. The van der Waals surface area contributed by atoms with Crippen LogP contribution in [0.3, 0.4) is 0 Å². The van der Waals surface area contributed by atoms with E-state index in [0.717, 1.165) is 0 Å². The molecule has 1 aromatic carbocycles. The Morgan fingerprint density at radius 3 is 2.79 bits per heavy atom. The number of carbonyl (C=O) groups excluding carboxylic acids is 1. The van der Waals surface area contributed by atoms with E-state index in [0.29, 0.717) is 41.7 Å². The Morgan fingerprint density at radius 2 is 2.07 bits per heavy atom. The number of H-pyrrole nitrogens is 1. The first-order chi connectivity index (χ1) is 14.1. The molecule has 10 nitrogen and oxygen atoms in total. The van der Waals surface area contributed by atoms with Gasteiger partial charge in [0.05, 0.1) is 31.4 Å². The number of ether oxygens (including phenoxy) is 2. The maximum atomic E-state index is 12.5. The summed E-state index contributed by atoms with van der Waals surface area (Å²) in [6, 6.07) is 8.29. The van der Waals surface area contributed by atoms with Crippen LogP contribution in [-0.4, -0.2) is 53.4 Å². The number of nitrogens with zero attached hydrogens (tertiary/aromatic N) is 3. The summed E-state index contributed by atoms with van der Waals surface area (Å²) in [5, 5.41) is 6.69. The zero-order valence-corrected chi connectivity index (χ0v) is 15.8. The van der Waals surface area contributed by atoms with Crippen molar-refractivity contribution in [1.82, 2.24) is 20.0 Å². The van der Waals surface area contributed by atoms with E-state index in [-0.39, 0.29) is 23.3 Å². The number of methoxy groups -OCH3 is 2. The Hall–Kier alpha value is -3.82. The average Bonchev–Trinajstić information content (AvgIpc) is 3.16. The van der Waals surface area contributed by atoms with Gasteiger partial charge in [-0.3, -0.25) is 4.79 Å². The number of carbonyl (C=O) groups is 1. The van der Waals surface area contributed by atoms with Gasteiger partial charge >= 0.3 is 6.03 Å². The predicted octanol–water partition coefficient (Wildman–Crippen LogP) is 2.07. The molecule has 0 radical (unpaired) electrons. The lowest BCUT2D eigenvalue weighted by Gasteiger charge is -2.37. The highest BCUT2D eigenvalue weighted by Gasteiger charge is 2.36. The summed E-state index contributed by atoms with van der Waals surface area (Å²) in [7, 11) is 3.05. The molecule has 3 aromatic rings. The number of urea groups is 1. The number of amides is 2. The fourth-order valence-corrected chi connectivity index (χ4v) is 3.09. The molecule has 0 unspecified atom stereocenters. The quantitative estimate of drug-likeness (QED) is 0.676. The van der Waals surface area contributed by atoms with E-state index in [4.69, 9.17) is 14.0 Å². The maximum Gasteiger partial charge on any atom is 0.321 e. The molecule has 2 N–H and O–H groups in total. The third kappa shape index (κ3) is 3.51. The Kier molecular flexibility index (Phi) is 4.90. The molecule has 2 aromatic heterocycles. The fourth-order valence-electron chi connectivity index (χ4n) is 3.09. The monoisotopic (exact) mass is 397 g/mol. The second-order valence-electron chi connectivity index (χ2n) is 6.44. The van der Waals surface area contributed by atoms with E-state index >= 15 is 0 Å². The van der Waals surface area contributed by atoms with E-state index in [1.165, 1.54) is 20.4 Å². The van der Waals surface area contributed by atoms with Crippen molar-refractivity contribution in [1.29, 1.82) is 0 Å². The molecule has 29 heavy (non-hydrogen) atoms. The third-order valence-corrected chi connectivity index (χ3v) is 4.66. The second-order valence-corrected chi connectivity index (χ2v) is 6.44. The van der Waals surface area contributed by atoms with Crippen LogP contribution in [0.1, 0.15) is 11.8 Å². The predicted molar refractivity (Wildman–Crippen MR) is 103 cm³/mol. The first-order valence-corrected chi connectivity index (χ1v) is 8.89. The molecule has 0 saturated carbocycles. The first kappa shape index (κ1) is 18.5. The number of anilines is 1. The van der Waals surface area contributed by atoms with Crippen LogP contribution in [0, 0.1) is 0 Å². The normalized spacial score (nSPS) is 13.7. The van der Waals surface area contributed by atoms with Crippen LogP contribution in [0.2, 0.25) is 0 Å². The molecule has 0 atom stereocenters. The van der Waals surface area contributed by atoms with Crippen LogP contribution in [0.15, 0.2) is 45.8 Å². The van der Waals surface area contributed by atoms with Gasteiger partial charge in [-0.05, 0) is 24.3 Å². The summed E-state index contributed by atoms with van der Waals surface area (Å²) in [6.07, 6.45) is 1.53. The van der Waals surface area contributed by atoms with Crippen molar-refractivity contribution in [3.8, 4) is 22.9 Å². The summed E-state index contributed by atoms with van der Waals surface area (Å²) in [5.74, 6) is 1.52. The molecule has 10 heteroatoms. The molecular formula is C19H19N5O5. The van der Waals surface area contributed by atoms with Crippen LogP contribution < -0.4 is 20.3 Å². The average molecular weight is 397 g/mol. The number of rotatable bonds is 5. The standard InChI is InChI=1S/C19H19N5O5/c1-27-14-7-3-6-13(15(14)28-2)21-19(26)24-9-11(10-24)18-22-16(23-29-18)12-5-4-8-20-17(12)25/h3-8,11H,9-10H2,1-2H3,(H,20,25)(H,21,26).